The van der Waals surface area contributed by atoms with E-state index < -0.39 is 0 Å². The molecule has 4 rings (SSSR count). The van der Waals surface area contributed by atoms with E-state index in [0.717, 1.165) is 11.3 Å². The van der Waals surface area contributed by atoms with Gasteiger partial charge in [-0.05, 0) is 49.2 Å². The van der Waals surface area contributed by atoms with Crippen molar-refractivity contribution in [3.8, 4) is 5.75 Å². The highest BCUT2D eigenvalue weighted by molar-refractivity contribution is 7.99. The topological polar surface area (TPSA) is 92.8 Å². The van der Waals surface area contributed by atoms with Crippen LogP contribution < -0.4 is 10.1 Å². The van der Waals surface area contributed by atoms with Gasteiger partial charge in [0.15, 0.2) is 5.65 Å². The molecule has 4 aromatic rings. The van der Waals surface area contributed by atoms with Gasteiger partial charge in [-0.1, -0.05) is 29.4 Å². The highest BCUT2D eigenvalue weighted by atomic mass is 35.5. The Morgan fingerprint density at radius 3 is 2.79 bits per heavy atom. The van der Waals surface area contributed by atoms with Crippen LogP contribution in [0.1, 0.15) is 11.1 Å². The predicted octanol–water partition coefficient (Wildman–Crippen LogP) is 4.52. The fourth-order valence-corrected chi connectivity index (χ4v) is 3.81. The summed E-state index contributed by atoms with van der Waals surface area (Å²) in [4.78, 5) is 19.9. The molecule has 0 saturated carbocycles. The number of aryl methyl sites for hydroxylation is 2. The lowest BCUT2D eigenvalue weighted by atomic mass is 10.1. The molecule has 2 heterocycles. The number of halogens is 1. The summed E-state index contributed by atoms with van der Waals surface area (Å²) >= 11 is 7.53. The van der Waals surface area contributed by atoms with Crippen LogP contribution in [0.2, 0.25) is 5.02 Å². The highest BCUT2D eigenvalue weighted by Crippen LogP contribution is 2.35. The van der Waals surface area contributed by atoms with E-state index in [2.05, 4.69) is 25.5 Å². The maximum absolute atomic E-state index is 12.3. The number of aromatic amines is 1. The zero-order chi connectivity index (χ0) is 20.5. The number of fused-ring (bicyclic) bond motifs is 3. The molecule has 0 aliphatic heterocycles. The van der Waals surface area contributed by atoms with E-state index in [9.17, 15) is 4.79 Å². The molecule has 2 aromatic heterocycles. The van der Waals surface area contributed by atoms with Crippen LogP contribution in [0.4, 0.5) is 5.69 Å². The Hall–Kier alpha value is -2.84. The van der Waals surface area contributed by atoms with Gasteiger partial charge in [0.25, 0.3) is 0 Å². The lowest BCUT2D eigenvalue weighted by molar-refractivity contribution is -0.113. The third-order valence-electron chi connectivity index (χ3n) is 4.61. The van der Waals surface area contributed by atoms with Crippen molar-refractivity contribution < 1.29 is 9.53 Å². The smallest absolute Gasteiger partial charge is 0.234 e. The van der Waals surface area contributed by atoms with Crippen molar-refractivity contribution in [1.29, 1.82) is 0 Å². The van der Waals surface area contributed by atoms with E-state index in [1.807, 2.05) is 32.0 Å². The van der Waals surface area contributed by atoms with Crippen molar-refractivity contribution in [2.24, 2.45) is 0 Å². The number of carbonyl (C=O) groups excluding carboxylic acids is 1. The normalized spacial score (nSPS) is 11.2. The number of benzene rings is 2. The molecule has 0 aliphatic rings. The van der Waals surface area contributed by atoms with Crippen LogP contribution >= 0.6 is 23.4 Å². The number of nitrogens with one attached hydrogen (secondary N) is 2. The zero-order valence-corrected chi connectivity index (χ0v) is 17.6. The van der Waals surface area contributed by atoms with Crippen LogP contribution in [0.15, 0.2) is 35.5 Å². The summed E-state index contributed by atoms with van der Waals surface area (Å²) in [5, 5.41) is 12.9. The summed E-state index contributed by atoms with van der Waals surface area (Å²) in [6.07, 6.45) is 0. The number of rotatable bonds is 5. The minimum Gasteiger partial charge on any atom is -0.495 e. The number of carbonyl (C=O) groups is 1. The summed E-state index contributed by atoms with van der Waals surface area (Å²) in [7, 11) is 1.59. The van der Waals surface area contributed by atoms with Crippen LogP contribution in [0, 0.1) is 13.8 Å². The molecule has 0 atom stereocenters. The molecule has 9 heteroatoms. The van der Waals surface area contributed by atoms with Gasteiger partial charge >= 0.3 is 0 Å². The molecule has 0 unspecified atom stereocenters. The van der Waals surface area contributed by atoms with Crippen molar-refractivity contribution in [2.75, 3.05) is 18.2 Å². The summed E-state index contributed by atoms with van der Waals surface area (Å²) in [5.74, 6) is 0.680. The van der Waals surface area contributed by atoms with Crippen LogP contribution in [0.5, 0.6) is 5.75 Å². The first-order valence-corrected chi connectivity index (χ1v) is 10.2. The molecule has 0 fully saturated rings. The lowest BCUT2D eigenvalue weighted by Crippen LogP contribution is -2.14. The summed E-state index contributed by atoms with van der Waals surface area (Å²) in [6.45, 7) is 4.04. The molecule has 1 amide bonds. The number of methoxy groups -OCH3 is 1. The fraction of sp³-hybridized carbons (Fsp3) is 0.200. The Kier molecular flexibility index (Phi) is 5.29. The van der Waals surface area contributed by atoms with Gasteiger partial charge in [-0.15, -0.1) is 10.2 Å². The average Bonchev–Trinajstić information content (AvgIpc) is 3.09. The second kappa shape index (κ2) is 7.88. The predicted molar refractivity (Wildman–Crippen MR) is 116 cm³/mol. The monoisotopic (exact) mass is 427 g/mol. The molecule has 2 aromatic carbocycles. The van der Waals surface area contributed by atoms with Crippen LogP contribution in [-0.4, -0.2) is 38.9 Å². The van der Waals surface area contributed by atoms with Gasteiger partial charge in [-0.3, -0.25) is 4.79 Å². The van der Waals surface area contributed by atoms with Gasteiger partial charge in [-0.25, -0.2) is 4.98 Å². The molecule has 0 aliphatic carbocycles. The van der Waals surface area contributed by atoms with Gasteiger partial charge in [-0.2, -0.15) is 0 Å². The molecule has 2 N–H and O–H groups in total. The number of nitrogens with zero attached hydrogens (tertiary/aromatic N) is 3. The Morgan fingerprint density at radius 1 is 1.21 bits per heavy atom. The van der Waals surface area contributed by atoms with Crippen LogP contribution in [0.25, 0.3) is 22.1 Å². The third kappa shape index (κ3) is 3.86. The lowest BCUT2D eigenvalue weighted by Gasteiger charge is -2.07. The summed E-state index contributed by atoms with van der Waals surface area (Å²) in [6, 6.07) is 9.34. The second-order valence-electron chi connectivity index (χ2n) is 6.55. The minimum absolute atomic E-state index is 0.136. The maximum Gasteiger partial charge on any atom is 0.234 e. The average molecular weight is 428 g/mol. The highest BCUT2D eigenvalue weighted by Gasteiger charge is 2.16. The van der Waals surface area contributed by atoms with Crippen LogP contribution in [-0.2, 0) is 4.79 Å². The number of hydrogen-bond donors (Lipinski definition) is 2. The molecule has 0 radical (unpaired) electrons. The van der Waals surface area contributed by atoms with E-state index in [1.165, 1.54) is 17.3 Å². The molecule has 0 spiro atoms. The van der Waals surface area contributed by atoms with Crippen molar-refractivity contribution in [3.05, 3.63) is 46.5 Å². The van der Waals surface area contributed by atoms with Gasteiger partial charge < -0.3 is 15.0 Å². The van der Waals surface area contributed by atoms with Gasteiger partial charge in [0.1, 0.15) is 11.3 Å². The minimum atomic E-state index is -0.136. The molecular formula is C20H18ClN5O2S. The number of ether oxygens (including phenoxy) is 1. The number of H-pyrrole nitrogens is 1. The maximum atomic E-state index is 12.3. The largest absolute Gasteiger partial charge is 0.495 e. The van der Waals surface area contributed by atoms with Gasteiger partial charge in [0.05, 0.1) is 28.8 Å². The quantitative estimate of drug-likeness (QED) is 0.455. The molecule has 0 saturated heterocycles. The molecule has 7 nitrogen and oxygen atoms in total. The van der Waals surface area contributed by atoms with Gasteiger partial charge in [0.2, 0.25) is 11.1 Å². The van der Waals surface area contributed by atoms with E-state index in [1.54, 1.807) is 19.2 Å². The third-order valence-corrected chi connectivity index (χ3v) is 5.76. The number of anilines is 1. The molecule has 148 valence electrons. The number of aromatic nitrogens is 4. The van der Waals surface area contributed by atoms with Crippen molar-refractivity contribution >= 4 is 57.0 Å². The second-order valence-corrected chi connectivity index (χ2v) is 7.90. The molecular weight excluding hydrogens is 410 g/mol. The number of amides is 1. The standard InChI is InChI=1S/C20H18ClN5O2S/c1-10-4-5-12(8-11(10)2)22-15(27)9-29-20-24-19-18(25-26-20)16-13(21)6-7-14(28-3)17(16)23-19/h4-8H,9H2,1-3H3,(H,22,27)(H,23,24,26). The zero-order valence-electron chi connectivity index (χ0n) is 16.0. The first kappa shape index (κ1) is 19.5. The SMILES string of the molecule is COc1ccc(Cl)c2c1[nH]c1nc(SCC(=O)Nc3ccc(C)c(C)c3)nnc12. The number of thioether (sulfide) groups is 1. The van der Waals surface area contributed by atoms with E-state index in [-0.39, 0.29) is 11.7 Å². The Morgan fingerprint density at radius 2 is 2.03 bits per heavy atom. The summed E-state index contributed by atoms with van der Waals surface area (Å²) in [5.41, 5.74) is 4.89. The number of hydrogen-bond acceptors (Lipinski definition) is 6. The van der Waals surface area contributed by atoms with E-state index >= 15 is 0 Å². The molecule has 29 heavy (non-hydrogen) atoms. The first-order valence-electron chi connectivity index (χ1n) is 8.84. The van der Waals surface area contributed by atoms with Gasteiger partial charge in [0, 0.05) is 5.69 Å². The first-order chi connectivity index (χ1) is 14.0. The van der Waals surface area contributed by atoms with E-state index in [4.69, 9.17) is 16.3 Å². The van der Waals surface area contributed by atoms with Crippen LogP contribution in [0.3, 0.4) is 0 Å². The van der Waals surface area contributed by atoms with Crippen molar-refractivity contribution in [2.45, 2.75) is 19.0 Å². The van der Waals surface area contributed by atoms with Crippen molar-refractivity contribution in [1.82, 2.24) is 20.2 Å². The Bertz CT molecular complexity index is 1240. The van der Waals surface area contributed by atoms with Crippen molar-refractivity contribution in [3.63, 3.8) is 0 Å². The Labute approximate surface area is 176 Å². The Balaban J connectivity index is 1.52. The summed E-state index contributed by atoms with van der Waals surface area (Å²) < 4.78 is 5.37. The van der Waals surface area contributed by atoms with E-state index in [0.29, 0.717) is 38.0 Å². The molecule has 0 bridgehead atoms. The fourth-order valence-electron chi connectivity index (χ4n) is 2.98.